The Morgan fingerprint density at radius 1 is 1.00 bits per heavy atom. The lowest BCUT2D eigenvalue weighted by atomic mass is 9.77. The van der Waals surface area contributed by atoms with Crippen LogP contribution < -0.4 is 0 Å². The van der Waals surface area contributed by atoms with E-state index in [0.29, 0.717) is 11.8 Å². The van der Waals surface area contributed by atoms with E-state index in [1.54, 1.807) is 0 Å². The molecule has 0 aromatic rings. The number of ether oxygens (including phenoxy) is 1. The first-order chi connectivity index (χ1) is 5.57. The third-order valence-corrected chi connectivity index (χ3v) is 3.31. The van der Waals surface area contributed by atoms with Crippen LogP contribution in [0.3, 0.4) is 0 Å². The summed E-state index contributed by atoms with van der Waals surface area (Å²) in [4.78, 5) is 10.8. The van der Waals surface area contributed by atoms with Crippen LogP contribution in [-0.2, 0) is 9.53 Å². The molecular formula is C10H18O2. The molecule has 1 unspecified atom stereocenters. The second-order valence-corrected chi connectivity index (χ2v) is 3.98. The normalized spacial score (nSPS) is 48.8. The van der Waals surface area contributed by atoms with Gasteiger partial charge in [-0.15, -0.1) is 0 Å². The molecule has 12 heavy (non-hydrogen) atoms. The summed E-state index contributed by atoms with van der Waals surface area (Å²) in [5.41, 5.74) is 0. The van der Waals surface area contributed by atoms with Crippen molar-refractivity contribution in [3.63, 3.8) is 0 Å². The van der Waals surface area contributed by atoms with E-state index in [1.165, 1.54) is 0 Å². The zero-order valence-electron chi connectivity index (χ0n) is 8.28. The Morgan fingerprint density at radius 3 is 2.08 bits per heavy atom. The van der Waals surface area contributed by atoms with Crippen molar-refractivity contribution >= 4 is 6.29 Å². The van der Waals surface area contributed by atoms with Crippen molar-refractivity contribution in [1.29, 1.82) is 0 Å². The zero-order valence-corrected chi connectivity index (χ0v) is 8.28. The lowest BCUT2D eigenvalue weighted by Gasteiger charge is -2.40. The minimum atomic E-state index is 0.0798. The van der Waals surface area contributed by atoms with E-state index >= 15 is 0 Å². The third-order valence-electron chi connectivity index (χ3n) is 3.31. The molecule has 0 amide bonds. The van der Waals surface area contributed by atoms with Gasteiger partial charge in [0.15, 0.2) is 0 Å². The van der Waals surface area contributed by atoms with Crippen molar-refractivity contribution in [1.82, 2.24) is 0 Å². The summed E-state index contributed by atoms with van der Waals surface area (Å²) in [7, 11) is 0. The van der Waals surface area contributed by atoms with Gasteiger partial charge >= 0.3 is 0 Å². The van der Waals surface area contributed by atoms with Gasteiger partial charge in [-0.25, -0.2) is 0 Å². The van der Waals surface area contributed by atoms with Crippen LogP contribution in [-0.4, -0.2) is 18.5 Å². The van der Waals surface area contributed by atoms with Gasteiger partial charge in [0.05, 0.1) is 12.2 Å². The zero-order chi connectivity index (χ0) is 9.30. The van der Waals surface area contributed by atoms with Gasteiger partial charge in [0, 0.05) is 5.92 Å². The Hall–Kier alpha value is -0.370. The van der Waals surface area contributed by atoms with Gasteiger partial charge in [-0.1, -0.05) is 13.8 Å². The van der Waals surface area contributed by atoms with Crippen molar-refractivity contribution < 1.29 is 9.53 Å². The molecule has 0 aromatic carbocycles. The SMILES string of the molecule is CC1O[C@@H](C)[C@H](C)[C@@H](C)[C@H]1C=O. The highest BCUT2D eigenvalue weighted by molar-refractivity contribution is 5.55. The van der Waals surface area contributed by atoms with Crippen molar-refractivity contribution in [2.45, 2.75) is 39.9 Å². The van der Waals surface area contributed by atoms with Crippen LogP contribution in [0, 0.1) is 17.8 Å². The smallest absolute Gasteiger partial charge is 0.125 e. The van der Waals surface area contributed by atoms with Crippen LogP contribution in [0.1, 0.15) is 27.7 Å². The molecule has 1 aliphatic heterocycles. The predicted octanol–water partition coefficient (Wildman–Crippen LogP) is 1.88. The van der Waals surface area contributed by atoms with Gasteiger partial charge in [0.2, 0.25) is 0 Å². The molecule has 1 fully saturated rings. The lowest BCUT2D eigenvalue weighted by molar-refractivity contribution is -0.141. The summed E-state index contributed by atoms with van der Waals surface area (Å²) < 4.78 is 5.64. The van der Waals surface area contributed by atoms with Crippen LogP contribution in [0.2, 0.25) is 0 Å². The van der Waals surface area contributed by atoms with Crippen LogP contribution in [0.25, 0.3) is 0 Å². The van der Waals surface area contributed by atoms with Gasteiger partial charge in [0.25, 0.3) is 0 Å². The third kappa shape index (κ3) is 1.53. The molecule has 1 aliphatic rings. The maximum atomic E-state index is 10.8. The minimum absolute atomic E-state index is 0.0798. The summed E-state index contributed by atoms with van der Waals surface area (Å²) in [5.74, 6) is 1.01. The highest BCUT2D eigenvalue weighted by Crippen LogP contribution is 2.33. The molecular weight excluding hydrogens is 152 g/mol. The highest BCUT2D eigenvalue weighted by atomic mass is 16.5. The van der Waals surface area contributed by atoms with Crippen molar-refractivity contribution in [2.24, 2.45) is 17.8 Å². The van der Waals surface area contributed by atoms with Gasteiger partial charge in [-0.05, 0) is 25.7 Å². The van der Waals surface area contributed by atoms with E-state index in [9.17, 15) is 4.79 Å². The minimum Gasteiger partial charge on any atom is -0.375 e. The number of aldehydes is 1. The van der Waals surface area contributed by atoms with Crippen LogP contribution >= 0.6 is 0 Å². The molecule has 2 nitrogen and oxygen atoms in total. The Balaban J connectivity index is 2.71. The van der Waals surface area contributed by atoms with E-state index in [4.69, 9.17) is 4.74 Å². The predicted molar refractivity (Wildman–Crippen MR) is 47.9 cm³/mol. The molecule has 2 heteroatoms. The second kappa shape index (κ2) is 3.56. The molecule has 70 valence electrons. The molecule has 1 saturated heterocycles. The van der Waals surface area contributed by atoms with E-state index < -0.39 is 0 Å². The molecule has 0 radical (unpaired) electrons. The molecule has 5 atom stereocenters. The summed E-state index contributed by atoms with van der Waals surface area (Å²) in [5, 5.41) is 0. The maximum Gasteiger partial charge on any atom is 0.125 e. The molecule has 0 N–H and O–H groups in total. The van der Waals surface area contributed by atoms with E-state index in [0.717, 1.165) is 6.29 Å². The molecule has 1 heterocycles. The van der Waals surface area contributed by atoms with Crippen LogP contribution in [0.15, 0.2) is 0 Å². The van der Waals surface area contributed by atoms with Crippen molar-refractivity contribution in [2.75, 3.05) is 0 Å². The molecule has 0 saturated carbocycles. The van der Waals surface area contributed by atoms with E-state index in [1.807, 2.05) is 6.92 Å². The average Bonchev–Trinajstić information content (AvgIpc) is 2.01. The van der Waals surface area contributed by atoms with Crippen molar-refractivity contribution in [3.8, 4) is 0 Å². The lowest BCUT2D eigenvalue weighted by Crippen LogP contribution is -2.43. The summed E-state index contributed by atoms with van der Waals surface area (Å²) in [6, 6.07) is 0. The number of carbonyl (C=O) groups is 1. The van der Waals surface area contributed by atoms with E-state index in [2.05, 4.69) is 20.8 Å². The Bertz CT molecular complexity index is 167. The van der Waals surface area contributed by atoms with Gasteiger partial charge in [-0.3, -0.25) is 0 Å². The quantitative estimate of drug-likeness (QED) is 0.562. The molecule has 0 aliphatic carbocycles. The number of hydrogen-bond donors (Lipinski definition) is 0. The molecule has 1 rings (SSSR count). The topological polar surface area (TPSA) is 26.3 Å². The fourth-order valence-electron chi connectivity index (χ4n) is 1.99. The summed E-state index contributed by atoms with van der Waals surface area (Å²) in [6.45, 7) is 8.35. The summed E-state index contributed by atoms with van der Waals surface area (Å²) in [6.07, 6.45) is 1.41. The largest absolute Gasteiger partial charge is 0.375 e. The maximum absolute atomic E-state index is 10.8. The Kier molecular flexibility index (Phi) is 2.89. The number of carbonyl (C=O) groups excluding carboxylic acids is 1. The summed E-state index contributed by atoms with van der Waals surface area (Å²) >= 11 is 0. The molecule has 0 spiro atoms. The molecule has 0 aromatic heterocycles. The first-order valence-electron chi connectivity index (χ1n) is 4.68. The van der Waals surface area contributed by atoms with Crippen molar-refractivity contribution in [3.05, 3.63) is 0 Å². The first kappa shape index (κ1) is 9.72. The first-order valence-corrected chi connectivity index (χ1v) is 4.68. The fraction of sp³-hybridized carbons (Fsp3) is 0.900. The van der Waals surface area contributed by atoms with Gasteiger partial charge < -0.3 is 9.53 Å². The second-order valence-electron chi connectivity index (χ2n) is 3.98. The van der Waals surface area contributed by atoms with E-state index in [-0.39, 0.29) is 18.1 Å². The van der Waals surface area contributed by atoms with Gasteiger partial charge in [-0.2, -0.15) is 0 Å². The highest BCUT2D eigenvalue weighted by Gasteiger charge is 2.36. The number of hydrogen-bond acceptors (Lipinski definition) is 2. The Morgan fingerprint density at radius 2 is 1.58 bits per heavy atom. The van der Waals surface area contributed by atoms with Crippen LogP contribution in [0.4, 0.5) is 0 Å². The Labute approximate surface area is 74.3 Å². The van der Waals surface area contributed by atoms with Crippen LogP contribution in [0.5, 0.6) is 0 Å². The average molecular weight is 170 g/mol. The van der Waals surface area contributed by atoms with Gasteiger partial charge in [0.1, 0.15) is 6.29 Å². The number of rotatable bonds is 1. The standard InChI is InChI=1S/C10H18O2/c1-6-7(2)10(5-11)9(4)12-8(6)3/h5-10H,1-4H3/t6-,7-,8+,9?,10-/m1/s1. The fourth-order valence-corrected chi connectivity index (χ4v) is 1.99. The monoisotopic (exact) mass is 170 g/mol. The molecule has 0 bridgehead atoms.